The van der Waals surface area contributed by atoms with Crippen molar-refractivity contribution in [1.82, 2.24) is 10.2 Å². The molecule has 1 saturated heterocycles. The Kier molecular flexibility index (Phi) is 3.62. The standard InChI is InChI=1S/C14H22N2/c1-11-9-14(10-16(11)3)15-12(2)13-7-5-4-6-8-13/h4-8,11-12,14-15H,9-10H2,1-3H3/t11?,12-,14?/m0/s1. The van der Waals surface area contributed by atoms with Gasteiger partial charge in [0.15, 0.2) is 0 Å². The van der Waals surface area contributed by atoms with Gasteiger partial charge in [-0.3, -0.25) is 0 Å². The first-order valence-electron chi connectivity index (χ1n) is 6.18. The smallest absolute Gasteiger partial charge is 0.0294 e. The molecule has 0 aliphatic carbocycles. The first kappa shape index (κ1) is 11.6. The van der Waals surface area contributed by atoms with Crippen molar-refractivity contribution in [2.24, 2.45) is 0 Å². The Morgan fingerprint density at radius 1 is 1.31 bits per heavy atom. The van der Waals surface area contributed by atoms with Crippen LogP contribution >= 0.6 is 0 Å². The van der Waals surface area contributed by atoms with E-state index in [9.17, 15) is 0 Å². The lowest BCUT2D eigenvalue weighted by Crippen LogP contribution is -2.33. The summed E-state index contributed by atoms with van der Waals surface area (Å²) in [4.78, 5) is 2.43. The van der Waals surface area contributed by atoms with Crippen molar-refractivity contribution in [3.8, 4) is 0 Å². The molecule has 2 heteroatoms. The second kappa shape index (κ2) is 4.98. The predicted molar refractivity (Wildman–Crippen MR) is 68.5 cm³/mol. The van der Waals surface area contributed by atoms with Crippen molar-refractivity contribution in [2.45, 2.75) is 38.4 Å². The largest absolute Gasteiger partial charge is 0.306 e. The molecule has 2 rings (SSSR count). The van der Waals surface area contributed by atoms with Crippen LogP contribution in [0, 0.1) is 0 Å². The van der Waals surface area contributed by atoms with Crippen LogP contribution in [0.3, 0.4) is 0 Å². The van der Waals surface area contributed by atoms with Crippen LogP contribution < -0.4 is 5.32 Å². The van der Waals surface area contributed by atoms with Gasteiger partial charge in [0, 0.05) is 24.7 Å². The molecule has 1 fully saturated rings. The average molecular weight is 218 g/mol. The van der Waals surface area contributed by atoms with Gasteiger partial charge in [-0.05, 0) is 32.9 Å². The minimum Gasteiger partial charge on any atom is -0.306 e. The zero-order valence-electron chi connectivity index (χ0n) is 10.5. The zero-order valence-corrected chi connectivity index (χ0v) is 10.5. The molecule has 88 valence electrons. The van der Waals surface area contributed by atoms with Gasteiger partial charge in [-0.15, -0.1) is 0 Å². The third-order valence-corrected chi connectivity index (χ3v) is 3.67. The topological polar surface area (TPSA) is 15.3 Å². The number of hydrogen-bond acceptors (Lipinski definition) is 2. The lowest BCUT2D eigenvalue weighted by molar-refractivity contribution is 0.325. The molecule has 3 atom stereocenters. The van der Waals surface area contributed by atoms with Crippen LogP contribution in [0.1, 0.15) is 31.9 Å². The van der Waals surface area contributed by atoms with Crippen LogP contribution in [0.4, 0.5) is 0 Å². The minimum absolute atomic E-state index is 0.449. The molecule has 0 spiro atoms. The summed E-state index contributed by atoms with van der Waals surface area (Å²) in [7, 11) is 2.21. The molecule has 1 N–H and O–H groups in total. The van der Waals surface area contributed by atoms with E-state index in [4.69, 9.17) is 0 Å². The van der Waals surface area contributed by atoms with Crippen molar-refractivity contribution in [1.29, 1.82) is 0 Å². The molecular formula is C14H22N2. The highest BCUT2D eigenvalue weighted by Crippen LogP contribution is 2.19. The molecule has 1 aliphatic heterocycles. The van der Waals surface area contributed by atoms with Gasteiger partial charge < -0.3 is 10.2 Å². The summed E-state index contributed by atoms with van der Waals surface area (Å²) in [5.41, 5.74) is 1.38. The van der Waals surface area contributed by atoms with Gasteiger partial charge in [0.1, 0.15) is 0 Å². The summed E-state index contributed by atoms with van der Waals surface area (Å²) >= 11 is 0. The van der Waals surface area contributed by atoms with Crippen molar-refractivity contribution in [2.75, 3.05) is 13.6 Å². The molecule has 2 unspecified atom stereocenters. The molecule has 0 radical (unpaired) electrons. The van der Waals surface area contributed by atoms with Crippen molar-refractivity contribution in [3.05, 3.63) is 35.9 Å². The maximum absolute atomic E-state index is 3.71. The number of nitrogens with zero attached hydrogens (tertiary/aromatic N) is 1. The van der Waals surface area contributed by atoms with Gasteiger partial charge in [-0.25, -0.2) is 0 Å². The Bertz CT molecular complexity index is 313. The number of nitrogens with one attached hydrogen (secondary N) is 1. The third kappa shape index (κ3) is 2.63. The van der Waals surface area contributed by atoms with Crippen molar-refractivity contribution in [3.63, 3.8) is 0 Å². The number of hydrogen-bond donors (Lipinski definition) is 1. The van der Waals surface area contributed by atoms with E-state index in [0.29, 0.717) is 18.1 Å². The lowest BCUT2D eigenvalue weighted by Gasteiger charge is -2.19. The highest BCUT2D eigenvalue weighted by atomic mass is 15.2. The Balaban J connectivity index is 1.91. The van der Waals surface area contributed by atoms with Crippen LogP contribution in [0.5, 0.6) is 0 Å². The number of likely N-dealkylation sites (N-methyl/N-ethyl adjacent to an activating group) is 1. The Morgan fingerprint density at radius 2 is 2.00 bits per heavy atom. The lowest BCUT2D eigenvalue weighted by atomic mass is 10.1. The van der Waals surface area contributed by atoms with Gasteiger partial charge in [0.25, 0.3) is 0 Å². The number of benzene rings is 1. The van der Waals surface area contributed by atoms with Crippen LogP contribution in [0.25, 0.3) is 0 Å². The predicted octanol–water partition coefficient (Wildman–Crippen LogP) is 2.43. The Labute approximate surface area is 98.7 Å². The Morgan fingerprint density at radius 3 is 2.56 bits per heavy atom. The van der Waals surface area contributed by atoms with E-state index in [2.05, 4.69) is 61.4 Å². The summed E-state index contributed by atoms with van der Waals surface area (Å²) in [6, 6.07) is 12.5. The second-order valence-electron chi connectivity index (χ2n) is 5.02. The number of rotatable bonds is 3. The van der Waals surface area contributed by atoms with Gasteiger partial charge in [-0.1, -0.05) is 30.3 Å². The molecule has 1 heterocycles. The van der Waals surface area contributed by atoms with Gasteiger partial charge in [0.05, 0.1) is 0 Å². The summed E-state index contributed by atoms with van der Waals surface area (Å²) in [6.45, 7) is 5.71. The fraction of sp³-hybridized carbons (Fsp3) is 0.571. The maximum atomic E-state index is 3.71. The van der Waals surface area contributed by atoms with Crippen LogP contribution in [-0.2, 0) is 0 Å². The van der Waals surface area contributed by atoms with E-state index in [1.54, 1.807) is 0 Å². The normalized spacial score (nSPS) is 28.2. The average Bonchev–Trinajstić information content (AvgIpc) is 2.59. The third-order valence-electron chi connectivity index (χ3n) is 3.67. The molecular weight excluding hydrogens is 196 g/mol. The van der Waals surface area contributed by atoms with Gasteiger partial charge >= 0.3 is 0 Å². The first-order chi connectivity index (χ1) is 7.66. The summed E-state index contributed by atoms with van der Waals surface area (Å²) < 4.78 is 0. The molecule has 0 saturated carbocycles. The second-order valence-corrected chi connectivity index (χ2v) is 5.02. The summed E-state index contributed by atoms with van der Waals surface area (Å²) in [5, 5.41) is 3.71. The Hall–Kier alpha value is -0.860. The fourth-order valence-electron chi connectivity index (χ4n) is 2.51. The van der Waals surface area contributed by atoms with E-state index in [-0.39, 0.29) is 0 Å². The quantitative estimate of drug-likeness (QED) is 0.838. The van der Waals surface area contributed by atoms with Crippen molar-refractivity contribution < 1.29 is 0 Å². The SMILES string of the molecule is CC1CC(N[C@@H](C)c2ccccc2)CN1C. The van der Waals surface area contributed by atoms with Crippen LogP contribution in [0.2, 0.25) is 0 Å². The van der Waals surface area contributed by atoms with E-state index in [1.807, 2.05) is 0 Å². The highest BCUT2D eigenvalue weighted by Gasteiger charge is 2.26. The minimum atomic E-state index is 0.449. The molecule has 1 aliphatic rings. The fourth-order valence-corrected chi connectivity index (χ4v) is 2.51. The van der Waals surface area contributed by atoms with Gasteiger partial charge in [0.2, 0.25) is 0 Å². The molecule has 16 heavy (non-hydrogen) atoms. The van der Waals surface area contributed by atoms with E-state index < -0.39 is 0 Å². The monoisotopic (exact) mass is 218 g/mol. The molecule has 2 nitrogen and oxygen atoms in total. The molecule has 0 aromatic heterocycles. The number of likely N-dealkylation sites (tertiary alicyclic amines) is 1. The summed E-state index contributed by atoms with van der Waals surface area (Å²) in [5.74, 6) is 0. The van der Waals surface area contributed by atoms with Crippen LogP contribution in [0.15, 0.2) is 30.3 Å². The molecule has 0 amide bonds. The first-order valence-corrected chi connectivity index (χ1v) is 6.18. The maximum Gasteiger partial charge on any atom is 0.0294 e. The zero-order chi connectivity index (χ0) is 11.5. The van der Waals surface area contributed by atoms with Crippen molar-refractivity contribution >= 4 is 0 Å². The molecule has 1 aromatic carbocycles. The molecule has 0 bridgehead atoms. The molecule has 1 aromatic rings. The highest BCUT2D eigenvalue weighted by molar-refractivity contribution is 5.18. The van der Waals surface area contributed by atoms with Gasteiger partial charge in [-0.2, -0.15) is 0 Å². The van der Waals surface area contributed by atoms with Crippen LogP contribution in [-0.4, -0.2) is 30.6 Å². The summed E-state index contributed by atoms with van der Waals surface area (Å²) in [6.07, 6.45) is 1.26. The van der Waals surface area contributed by atoms with E-state index in [1.165, 1.54) is 18.5 Å². The van der Waals surface area contributed by atoms with E-state index in [0.717, 1.165) is 0 Å². The van der Waals surface area contributed by atoms with E-state index >= 15 is 0 Å².